The highest BCUT2D eigenvalue weighted by molar-refractivity contribution is 6.09. The molecule has 4 rings (SSSR count). The van der Waals surface area contributed by atoms with Crippen molar-refractivity contribution < 1.29 is 49.4 Å². The van der Waals surface area contributed by atoms with Gasteiger partial charge in [0.25, 0.3) is 5.91 Å². The van der Waals surface area contributed by atoms with Gasteiger partial charge >= 0.3 is 12.5 Å². The summed E-state index contributed by atoms with van der Waals surface area (Å²) in [6.07, 6.45) is -7.91. The van der Waals surface area contributed by atoms with Gasteiger partial charge in [-0.3, -0.25) is 9.53 Å². The van der Waals surface area contributed by atoms with E-state index in [-0.39, 0.29) is 48.9 Å². The molecule has 1 fully saturated rings. The van der Waals surface area contributed by atoms with E-state index in [1.54, 1.807) is 12.1 Å². The topological polar surface area (TPSA) is 69.7 Å². The van der Waals surface area contributed by atoms with Crippen molar-refractivity contribution in [2.75, 3.05) is 26.3 Å². The molecule has 0 saturated carbocycles. The summed E-state index contributed by atoms with van der Waals surface area (Å²) in [5.41, 5.74) is 6.21. The van der Waals surface area contributed by atoms with E-state index in [9.17, 15) is 39.9 Å². The highest BCUT2D eigenvalue weighted by atomic mass is 35.5. The number of nitrogens with two attached hydrogens (primary N) is 1. The van der Waals surface area contributed by atoms with Crippen LogP contribution in [0.1, 0.15) is 40.2 Å². The molecule has 1 amide bonds. The highest BCUT2D eigenvalue weighted by Crippen LogP contribution is 2.36. The van der Waals surface area contributed by atoms with Crippen molar-refractivity contribution in [1.29, 1.82) is 0 Å². The van der Waals surface area contributed by atoms with Crippen molar-refractivity contribution in [3.63, 3.8) is 0 Å². The summed E-state index contributed by atoms with van der Waals surface area (Å²) in [5, 5.41) is -0.301. The molecule has 3 aromatic rings. The van der Waals surface area contributed by atoms with Crippen LogP contribution in [0.5, 0.6) is 5.75 Å². The van der Waals surface area contributed by atoms with Crippen molar-refractivity contribution >= 4 is 29.2 Å². The second-order valence-electron chi connectivity index (χ2n) is 9.33. The van der Waals surface area contributed by atoms with E-state index in [1.165, 1.54) is 11.0 Å². The molecule has 0 atom stereocenters. The van der Waals surface area contributed by atoms with Crippen molar-refractivity contribution in [1.82, 2.24) is 9.47 Å². The third-order valence-electron chi connectivity index (χ3n) is 6.67. The molecule has 6 nitrogen and oxygen atoms in total. The lowest BCUT2D eigenvalue weighted by Gasteiger charge is -2.32. The molecule has 0 bridgehead atoms. The number of hydrogen-bond donors (Lipinski definition) is 1. The van der Waals surface area contributed by atoms with E-state index >= 15 is 0 Å². The lowest BCUT2D eigenvalue weighted by atomic mass is 9.88. The molecule has 1 aliphatic rings. The minimum Gasteiger partial charge on any atom is -0.483 e. The Bertz CT molecular complexity index is 1370. The minimum absolute atomic E-state index is 0. The predicted molar refractivity (Wildman–Crippen MR) is 135 cm³/mol. The minimum atomic E-state index is -4.96. The normalized spacial score (nSPS) is 14.8. The van der Waals surface area contributed by atoms with Crippen LogP contribution < -0.4 is 10.5 Å². The summed E-state index contributed by atoms with van der Waals surface area (Å²) < 4.78 is 115. The molecule has 1 saturated heterocycles. The number of hydrogen-bond acceptors (Lipinski definition) is 4. The number of benzene rings is 2. The maximum atomic E-state index is 14.9. The van der Waals surface area contributed by atoms with Crippen LogP contribution >= 0.6 is 12.4 Å². The monoisotopic (exact) mass is 615 g/mol. The third-order valence-corrected chi connectivity index (χ3v) is 6.67. The second-order valence-corrected chi connectivity index (χ2v) is 9.33. The average Bonchev–Trinajstić information content (AvgIpc) is 3.27. The van der Waals surface area contributed by atoms with Crippen LogP contribution in [0.15, 0.2) is 36.5 Å². The Morgan fingerprint density at radius 3 is 2.27 bits per heavy atom. The molecule has 2 aromatic carbocycles. The van der Waals surface area contributed by atoms with E-state index < -0.39 is 61.1 Å². The number of carbonyl (C=O) groups excluding carboxylic acids is 1. The van der Waals surface area contributed by atoms with Crippen molar-refractivity contribution in [3.05, 3.63) is 64.9 Å². The molecule has 2 heterocycles. The van der Waals surface area contributed by atoms with Crippen LogP contribution in [-0.2, 0) is 17.8 Å². The van der Waals surface area contributed by atoms with Crippen LogP contribution in [0.2, 0.25) is 0 Å². The first-order valence-corrected chi connectivity index (χ1v) is 12.3. The number of piperidine rings is 1. The fourth-order valence-electron chi connectivity index (χ4n) is 4.85. The van der Waals surface area contributed by atoms with Gasteiger partial charge in [0.15, 0.2) is 6.61 Å². The zero-order valence-electron chi connectivity index (χ0n) is 21.3. The summed E-state index contributed by atoms with van der Waals surface area (Å²) in [6, 6.07) is 6.30. The van der Waals surface area contributed by atoms with Crippen LogP contribution in [-0.4, -0.2) is 54.2 Å². The van der Waals surface area contributed by atoms with E-state index in [4.69, 9.17) is 10.5 Å². The second kappa shape index (κ2) is 12.8. The molecule has 2 N–H and O–H groups in total. The maximum absolute atomic E-state index is 14.9. The van der Waals surface area contributed by atoms with Crippen LogP contribution in [0.4, 0.5) is 35.1 Å². The largest absolute Gasteiger partial charge is 0.522 e. The first-order chi connectivity index (χ1) is 18.8. The van der Waals surface area contributed by atoms with Gasteiger partial charge in [0.1, 0.15) is 17.4 Å². The predicted octanol–water partition coefficient (Wildman–Crippen LogP) is 6.30. The van der Waals surface area contributed by atoms with Gasteiger partial charge in [0.05, 0.1) is 23.1 Å². The van der Waals surface area contributed by atoms with Gasteiger partial charge in [-0.15, -0.1) is 25.6 Å². The van der Waals surface area contributed by atoms with Crippen molar-refractivity contribution in [3.8, 4) is 5.75 Å². The standard InChI is InChI=1S/C26H25F8N3O3.ClH/c27-19-2-1-15(12-35)11-17(19)16-5-7-36(8-6-16)24(38)18-13-37(9-10-40-26(32,33)34)23-20(28)3-4-21(22(18)23)39-14-25(29,30)31;/h1-4,11,13,16H,5-10,12,14,35H2;1H. The van der Waals surface area contributed by atoms with Gasteiger partial charge < -0.3 is 19.9 Å². The average molecular weight is 616 g/mol. The van der Waals surface area contributed by atoms with Gasteiger partial charge in [-0.05, 0) is 48.1 Å². The molecule has 226 valence electrons. The number of ether oxygens (including phenoxy) is 2. The first kappa shape index (κ1) is 32.4. The number of carbonyl (C=O) groups is 1. The van der Waals surface area contributed by atoms with Crippen LogP contribution in [0.3, 0.4) is 0 Å². The number of nitrogens with zero attached hydrogens (tertiary/aromatic N) is 2. The highest BCUT2D eigenvalue weighted by Gasteiger charge is 2.33. The quantitative estimate of drug-likeness (QED) is 0.302. The number of alkyl halides is 6. The van der Waals surface area contributed by atoms with E-state index in [0.717, 1.165) is 28.5 Å². The fraction of sp³-hybridized carbons (Fsp3) is 0.423. The molecule has 1 aliphatic heterocycles. The third kappa shape index (κ3) is 7.80. The molecule has 0 aliphatic carbocycles. The lowest BCUT2D eigenvalue weighted by molar-refractivity contribution is -0.325. The summed E-state index contributed by atoms with van der Waals surface area (Å²) >= 11 is 0. The molecule has 0 radical (unpaired) electrons. The van der Waals surface area contributed by atoms with Gasteiger partial charge in [0, 0.05) is 32.4 Å². The molecular weight excluding hydrogens is 590 g/mol. The smallest absolute Gasteiger partial charge is 0.483 e. The Morgan fingerprint density at radius 2 is 1.66 bits per heavy atom. The van der Waals surface area contributed by atoms with E-state index in [0.29, 0.717) is 18.4 Å². The van der Waals surface area contributed by atoms with Crippen molar-refractivity contribution in [2.45, 2.75) is 44.4 Å². The Kier molecular flexibility index (Phi) is 10.1. The number of rotatable bonds is 8. The van der Waals surface area contributed by atoms with Crippen molar-refractivity contribution in [2.24, 2.45) is 5.73 Å². The summed E-state index contributed by atoms with van der Waals surface area (Å²) in [7, 11) is 0. The first-order valence-electron chi connectivity index (χ1n) is 12.3. The summed E-state index contributed by atoms with van der Waals surface area (Å²) in [6.45, 7) is -2.71. The SMILES string of the molecule is Cl.NCc1ccc(F)c(C2CCN(C(=O)c3cn(CCOC(F)(F)F)c4c(F)ccc(OCC(F)(F)F)c34)CC2)c1. The van der Waals surface area contributed by atoms with Crippen LogP contribution in [0.25, 0.3) is 10.9 Å². The summed E-state index contributed by atoms with van der Waals surface area (Å²) in [5.74, 6) is -2.75. The van der Waals surface area contributed by atoms with E-state index in [2.05, 4.69) is 4.74 Å². The van der Waals surface area contributed by atoms with Gasteiger partial charge in [-0.2, -0.15) is 13.2 Å². The Morgan fingerprint density at radius 1 is 1.00 bits per heavy atom. The maximum Gasteiger partial charge on any atom is 0.522 e. The number of aromatic nitrogens is 1. The number of likely N-dealkylation sites (tertiary alicyclic amines) is 1. The van der Waals surface area contributed by atoms with Gasteiger partial charge in [-0.25, -0.2) is 8.78 Å². The number of amides is 1. The molecular formula is C26H26ClF8N3O3. The molecule has 41 heavy (non-hydrogen) atoms. The number of halogens is 9. The summed E-state index contributed by atoms with van der Waals surface area (Å²) in [4.78, 5) is 14.9. The van der Waals surface area contributed by atoms with E-state index in [1.807, 2.05) is 0 Å². The van der Waals surface area contributed by atoms with Crippen LogP contribution in [0, 0.1) is 11.6 Å². The molecule has 0 spiro atoms. The molecule has 0 unspecified atom stereocenters. The zero-order valence-corrected chi connectivity index (χ0v) is 22.1. The zero-order chi connectivity index (χ0) is 29.2. The van der Waals surface area contributed by atoms with Gasteiger partial charge in [0.2, 0.25) is 0 Å². The van der Waals surface area contributed by atoms with Gasteiger partial charge in [-0.1, -0.05) is 12.1 Å². The Hall–Kier alpha value is -3.10. The Labute approximate surface area is 235 Å². The molecule has 1 aromatic heterocycles. The lowest BCUT2D eigenvalue weighted by Crippen LogP contribution is -2.38. The number of fused-ring (bicyclic) bond motifs is 1. The Balaban J connectivity index is 0.00000462. The fourth-order valence-corrected chi connectivity index (χ4v) is 4.85. The molecule has 15 heteroatoms.